The number of ether oxygens (including phenoxy) is 1. The Balaban J connectivity index is 2.28. The van der Waals surface area contributed by atoms with Crippen molar-refractivity contribution in [3.05, 3.63) is 0 Å². The van der Waals surface area contributed by atoms with Gasteiger partial charge >= 0.3 is 0 Å². The van der Waals surface area contributed by atoms with Gasteiger partial charge in [0, 0.05) is 19.1 Å². The van der Waals surface area contributed by atoms with Crippen molar-refractivity contribution in [1.82, 2.24) is 5.32 Å². The molecular weight excluding hydrogens is 186 g/mol. The van der Waals surface area contributed by atoms with Gasteiger partial charge in [-0.3, -0.25) is 0 Å². The third-order valence-electron chi connectivity index (χ3n) is 2.78. The van der Waals surface area contributed by atoms with Crippen LogP contribution in [0.15, 0.2) is 0 Å². The molecule has 0 bridgehead atoms. The summed E-state index contributed by atoms with van der Waals surface area (Å²) in [6.07, 6.45) is 6.18. The summed E-state index contributed by atoms with van der Waals surface area (Å²) >= 11 is 0. The molecule has 1 fully saturated rings. The number of hydrogen-bond acceptors (Lipinski definition) is 2. The molecule has 0 saturated carbocycles. The van der Waals surface area contributed by atoms with E-state index in [4.69, 9.17) is 4.74 Å². The third kappa shape index (κ3) is 5.20. The average molecular weight is 209 g/mol. The Morgan fingerprint density at radius 3 is 3.00 bits per heavy atom. The first kappa shape index (κ1) is 12.5. The summed E-state index contributed by atoms with van der Waals surface area (Å²) in [6, 6.07) is 0.514. The third-order valence-corrected chi connectivity index (χ3v) is 2.78. The standard InChI is InChI=1S/C13H23NO/c1-3-5-7-12(14-9-4-2)11-13-8-6-10-15-13/h12-14H,4,6-11H2,1-2H3. The summed E-state index contributed by atoms with van der Waals surface area (Å²) in [5.74, 6) is 6.13. The molecule has 2 nitrogen and oxygen atoms in total. The van der Waals surface area contributed by atoms with Gasteiger partial charge in [0.1, 0.15) is 0 Å². The van der Waals surface area contributed by atoms with E-state index in [1.54, 1.807) is 0 Å². The van der Waals surface area contributed by atoms with Gasteiger partial charge in [0.25, 0.3) is 0 Å². The van der Waals surface area contributed by atoms with Crippen molar-refractivity contribution in [3.8, 4) is 11.8 Å². The molecule has 0 amide bonds. The van der Waals surface area contributed by atoms with Crippen LogP contribution in [-0.2, 0) is 4.74 Å². The highest BCUT2D eigenvalue weighted by Gasteiger charge is 2.19. The van der Waals surface area contributed by atoms with Crippen LogP contribution in [0.4, 0.5) is 0 Å². The van der Waals surface area contributed by atoms with Gasteiger partial charge in [0.2, 0.25) is 0 Å². The SMILES string of the molecule is CC#CCC(CC1CCCO1)NCCC. The Morgan fingerprint density at radius 2 is 2.40 bits per heavy atom. The second-order valence-corrected chi connectivity index (χ2v) is 4.15. The van der Waals surface area contributed by atoms with E-state index in [1.165, 1.54) is 19.3 Å². The molecule has 2 unspecified atom stereocenters. The molecule has 2 heteroatoms. The van der Waals surface area contributed by atoms with E-state index in [0.29, 0.717) is 12.1 Å². The summed E-state index contributed by atoms with van der Waals surface area (Å²) < 4.78 is 5.66. The minimum absolute atomic E-state index is 0.470. The maximum absolute atomic E-state index is 5.66. The molecular formula is C13H23NO. The molecule has 0 radical (unpaired) electrons. The fourth-order valence-electron chi connectivity index (χ4n) is 1.96. The second-order valence-electron chi connectivity index (χ2n) is 4.15. The van der Waals surface area contributed by atoms with Gasteiger partial charge in [-0.25, -0.2) is 0 Å². The maximum atomic E-state index is 5.66. The zero-order valence-corrected chi connectivity index (χ0v) is 10.0. The van der Waals surface area contributed by atoms with E-state index >= 15 is 0 Å². The van der Waals surface area contributed by atoms with Gasteiger partial charge in [-0.2, -0.15) is 0 Å². The fourth-order valence-corrected chi connectivity index (χ4v) is 1.96. The summed E-state index contributed by atoms with van der Waals surface area (Å²) in [5, 5.41) is 3.55. The summed E-state index contributed by atoms with van der Waals surface area (Å²) in [6.45, 7) is 6.14. The van der Waals surface area contributed by atoms with Crippen LogP contribution < -0.4 is 5.32 Å². The molecule has 0 aromatic heterocycles. The van der Waals surface area contributed by atoms with Crippen LogP contribution >= 0.6 is 0 Å². The molecule has 0 aromatic carbocycles. The number of rotatable bonds is 6. The molecule has 15 heavy (non-hydrogen) atoms. The lowest BCUT2D eigenvalue weighted by atomic mass is 10.0. The maximum Gasteiger partial charge on any atom is 0.0591 e. The molecule has 2 atom stereocenters. The number of nitrogens with one attached hydrogen (secondary N) is 1. The quantitative estimate of drug-likeness (QED) is 0.678. The zero-order chi connectivity index (χ0) is 10.9. The minimum atomic E-state index is 0.470. The van der Waals surface area contributed by atoms with Gasteiger partial charge in [-0.15, -0.1) is 11.8 Å². The van der Waals surface area contributed by atoms with Crippen molar-refractivity contribution in [2.24, 2.45) is 0 Å². The van der Waals surface area contributed by atoms with Gasteiger partial charge in [-0.05, 0) is 39.2 Å². The summed E-state index contributed by atoms with van der Waals surface area (Å²) in [7, 11) is 0. The van der Waals surface area contributed by atoms with Crippen molar-refractivity contribution in [1.29, 1.82) is 0 Å². The van der Waals surface area contributed by atoms with Crippen LogP contribution in [0.3, 0.4) is 0 Å². The lowest BCUT2D eigenvalue weighted by Gasteiger charge is -2.19. The first-order valence-corrected chi connectivity index (χ1v) is 6.11. The van der Waals surface area contributed by atoms with E-state index in [-0.39, 0.29) is 0 Å². The first-order chi connectivity index (χ1) is 7.36. The van der Waals surface area contributed by atoms with Gasteiger partial charge in [0.15, 0.2) is 0 Å². The van der Waals surface area contributed by atoms with Gasteiger partial charge in [-0.1, -0.05) is 6.92 Å². The number of hydrogen-bond donors (Lipinski definition) is 1. The van der Waals surface area contributed by atoms with Crippen LogP contribution in [0.2, 0.25) is 0 Å². The predicted molar refractivity (Wildman–Crippen MR) is 63.7 cm³/mol. The lowest BCUT2D eigenvalue weighted by molar-refractivity contribution is 0.0950. The Morgan fingerprint density at radius 1 is 1.53 bits per heavy atom. The summed E-state index contributed by atoms with van der Waals surface area (Å²) in [4.78, 5) is 0. The van der Waals surface area contributed by atoms with Crippen molar-refractivity contribution in [3.63, 3.8) is 0 Å². The van der Waals surface area contributed by atoms with Crippen LogP contribution in [0.5, 0.6) is 0 Å². The Bertz CT molecular complexity index is 210. The van der Waals surface area contributed by atoms with Crippen LogP contribution in [-0.4, -0.2) is 25.3 Å². The van der Waals surface area contributed by atoms with E-state index in [1.807, 2.05) is 6.92 Å². The highest BCUT2D eigenvalue weighted by molar-refractivity contribution is 4.98. The minimum Gasteiger partial charge on any atom is -0.378 e. The Hall–Kier alpha value is -0.520. The molecule has 1 saturated heterocycles. The van der Waals surface area contributed by atoms with Gasteiger partial charge < -0.3 is 10.1 Å². The molecule has 1 aliphatic heterocycles. The normalized spacial score (nSPS) is 22.1. The fraction of sp³-hybridized carbons (Fsp3) is 0.846. The van der Waals surface area contributed by atoms with E-state index < -0.39 is 0 Å². The van der Waals surface area contributed by atoms with Crippen molar-refractivity contribution >= 4 is 0 Å². The van der Waals surface area contributed by atoms with Crippen LogP contribution in [0.1, 0.15) is 46.0 Å². The average Bonchev–Trinajstić information content (AvgIpc) is 2.74. The highest BCUT2D eigenvalue weighted by atomic mass is 16.5. The molecule has 0 aromatic rings. The van der Waals surface area contributed by atoms with E-state index in [9.17, 15) is 0 Å². The molecule has 1 N–H and O–H groups in total. The second kappa shape index (κ2) is 7.73. The van der Waals surface area contributed by atoms with E-state index in [2.05, 4.69) is 24.1 Å². The molecule has 1 aliphatic rings. The predicted octanol–water partition coefficient (Wildman–Crippen LogP) is 2.34. The Kier molecular flexibility index (Phi) is 6.47. The van der Waals surface area contributed by atoms with Crippen LogP contribution in [0, 0.1) is 11.8 Å². The van der Waals surface area contributed by atoms with Crippen molar-refractivity contribution in [2.75, 3.05) is 13.2 Å². The first-order valence-electron chi connectivity index (χ1n) is 6.11. The monoisotopic (exact) mass is 209 g/mol. The van der Waals surface area contributed by atoms with Gasteiger partial charge in [0.05, 0.1) is 6.10 Å². The molecule has 1 rings (SSSR count). The van der Waals surface area contributed by atoms with Crippen molar-refractivity contribution < 1.29 is 4.74 Å². The largest absolute Gasteiger partial charge is 0.378 e. The molecule has 0 spiro atoms. The molecule has 0 aliphatic carbocycles. The topological polar surface area (TPSA) is 21.3 Å². The smallest absolute Gasteiger partial charge is 0.0591 e. The molecule has 1 heterocycles. The van der Waals surface area contributed by atoms with Crippen molar-refractivity contribution in [2.45, 2.75) is 58.1 Å². The van der Waals surface area contributed by atoms with Crippen LogP contribution in [0.25, 0.3) is 0 Å². The van der Waals surface area contributed by atoms with E-state index in [0.717, 1.165) is 26.0 Å². The molecule has 86 valence electrons. The summed E-state index contributed by atoms with van der Waals surface area (Å²) in [5.41, 5.74) is 0. The lowest BCUT2D eigenvalue weighted by Crippen LogP contribution is -2.32. The zero-order valence-electron chi connectivity index (χ0n) is 10.0. The Labute approximate surface area is 93.8 Å². The highest BCUT2D eigenvalue weighted by Crippen LogP contribution is 2.17.